The Labute approximate surface area is 142 Å². The summed E-state index contributed by atoms with van der Waals surface area (Å²) in [5.74, 6) is 3.11. The minimum absolute atomic E-state index is 0.564. The molecular weight excluding hydrogens is 306 g/mol. The molecule has 4 nitrogen and oxygen atoms in total. The molecule has 1 N–H and O–H groups in total. The minimum atomic E-state index is 0.564. The standard InChI is InChI=1S/C18H23N3OS/c1-21(17-4-2-3-9-19-17)11-12-22-16-7-5-15(6-8-16)14-18-20-10-13-23-18/h2-9,18,20H,10-14H2,1H3. The molecule has 2 heterocycles. The second-order valence-electron chi connectivity index (χ2n) is 5.62. The van der Waals surface area contributed by atoms with Crippen molar-refractivity contribution in [3.05, 3.63) is 54.2 Å². The van der Waals surface area contributed by atoms with E-state index < -0.39 is 0 Å². The maximum atomic E-state index is 5.83. The highest BCUT2D eigenvalue weighted by molar-refractivity contribution is 8.00. The molecule has 1 saturated heterocycles. The maximum Gasteiger partial charge on any atom is 0.128 e. The molecule has 23 heavy (non-hydrogen) atoms. The largest absolute Gasteiger partial charge is 0.492 e. The maximum absolute atomic E-state index is 5.83. The molecular formula is C18H23N3OS. The van der Waals surface area contributed by atoms with Crippen molar-refractivity contribution < 1.29 is 4.74 Å². The first-order valence-corrected chi connectivity index (χ1v) is 9.05. The summed E-state index contributed by atoms with van der Waals surface area (Å²) in [6.07, 6.45) is 2.89. The van der Waals surface area contributed by atoms with E-state index in [-0.39, 0.29) is 0 Å². The molecule has 1 aromatic heterocycles. The van der Waals surface area contributed by atoms with Crippen LogP contribution in [-0.2, 0) is 6.42 Å². The lowest BCUT2D eigenvalue weighted by atomic mass is 10.1. The van der Waals surface area contributed by atoms with E-state index >= 15 is 0 Å². The Morgan fingerprint density at radius 3 is 2.83 bits per heavy atom. The van der Waals surface area contributed by atoms with Gasteiger partial charge in [0.15, 0.2) is 0 Å². The summed E-state index contributed by atoms with van der Waals surface area (Å²) in [4.78, 5) is 6.42. The molecule has 1 unspecified atom stereocenters. The summed E-state index contributed by atoms with van der Waals surface area (Å²) in [6, 6.07) is 14.4. The van der Waals surface area contributed by atoms with Gasteiger partial charge in [-0.25, -0.2) is 4.98 Å². The number of rotatable bonds is 7. The predicted molar refractivity (Wildman–Crippen MR) is 97.4 cm³/mol. The number of pyridine rings is 1. The fourth-order valence-corrected chi connectivity index (χ4v) is 3.61. The SMILES string of the molecule is CN(CCOc1ccc(CC2NCCS2)cc1)c1ccccn1. The van der Waals surface area contributed by atoms with Crippen LogP contribution in [0.1, 0.15) is 5.56 Å². The first-order valence-electron chi connectivity index (χ1n) is 8.00. The van der Waals surface area contributed by atoms with Gasteiger partial charge >= 0.3 is 0 Å². The second-order valence-corrected chi connectivity index (χ2v) is 6.93. The lowest BCUT2D eigenvalue weighted by Crippen LogP contribution is -2.24. The van der Waals surface area contributed by atoms with Crippen LogP contribution in [0.4, 0.5) is 5.82 Å². The van der Waals surface area contributed by atoms with Gasteiger partial charge < -0.3 is 15.0 Å². The smallest absolute Gasteiger partial charge is 0.128 e. The highest BCUT2D eigenvalue weighted by Crippen LogP contribution is 2.20. The molecule has 2 aromatic rings. The van der Waals surface area contributed by atoms with Crippen molar-refractivity contribution in [1.29, 1.82) is 0 Å². The number of benzene rings is 1. The highest BCUT2D eigenvalue weighted by atomic mass is 32.2. The molecule has 122 valence electrons. The molecule has 3 rings (SSSR count). The number of nitrogens with zero attached hydrogens (tertiary/aromatic N) is 2. The predicted octanol–water partition coefficient (Wildman–Crippen LogP) is 2.80. The van der Waals surface area contributed by atoms with Crippen molar-refractivity contribution in [2.24, 2.45) is 0 Å². The molecule has 5 heteroatoms. The van der Waals surface area contributed by atoms with Gasteiger partial charge in [0, 0.05) is 25.5 Å². The van der Waals surface area contributed by atoms with Crippen molar-refractivity contribution in [3.63, 3.8) is 0 Å². The monoisotopic (exact) mass is 329 g/mol. The number of hydrogen-bond donors (Lipinski definition) is 1. The van der Waals surface area contributed by atoms with E-state index in [1.165, 1.54) is 11.3 Å². The molecule has 0 aliphatic carbocycles. The number of ether oxygens (including phenoxy) is 1. The topological polar surface area (TPSA) is 37.4 Å². The molecule has 0 bridgehead atoms. The van der Waals surface area contributed by atoms with Gasteiger partial charge in [0.1, 0.15) is 18.2 Å². The second kappa shape index (κ2) is 8.22. The van der Waals surface area contributed by atoms with E-state index in [1.54, 1.807) is 0 Å². The zero-order chi connectivity index (χ0) is 15.9. The van der Waals surface area contributed by atoms with Gasteiger partial charge in [-0.3, -0.25) is 0 Å². The first-order chi connectivity index (χ1) is 11.3. The van der Waals surface area contributed by atoms with Gasteiger partial charge in [-0.2, -0.15) is 0 Å². The summed E-state index contributed by atoms with van der Waals surface area (Å²) >= 11 is 2.00. The number of aromatic nitrogens is 1. The average Bonchev–Trinajstić information content (AvgIpc) is 3.10. The van der Waals surface area contributed by atoms with Gasteiger partial charge in [-0.15, -0.1) is 11.8 Å². The van der Waals surface area contributed by atoms with Gasteiger partial charge in [0.2, 0.25) is 0 Å². The molecule has 1 aliphatic rings. The Kier molecular flexibility index (Phi) is 5.77. The quantitative estimate of drug-likeness (QED) is 0.845. The minimum Gasteiger partial charge on any atom is -0.492 e. The molecule has 1 fully saturated rings. The van der Waals surface area contributed by atoms with Crippen LogP contribution in [0.2, 0.25) is 0 Å². The first kappa shape index (κ1) is 16.1. The van der Waals surface area contributed by atoms with Crippen LogP contribution >= 0.6 is 11.8 Å². The van der Waals surface area contributed by atoms with Crippen LogP contribution in [0, 0.1) is 0 Å². The van der Waals surface area contributed by atoms with Crippen LogP contribution < -0.4 is 15.0 Å². The molecule has 1 atom stereocenters. The molecule has 0 spiro atoms. The summed E-state index contributed by atoms with van der Waals surface area (Å²) in [5, 5.41) is 4.07. The third-order valence-corrected chi connectivity index (χ3v) is 5.05. The van der Waals surface area contributed by atoms with Gasteiger partial charge in [0.05, 0.1) is 11.9 Å². The van der Waals surface area contributed by atoms with E-state index in [2.05, 4.69) is 39.5 Å². The Bertz CT molecular complexity index is 585. The Morgan fingerprint density at radius 2 is 2.13 bits per heavy atom. The molecule has 1 aromatic carbocycles. The highest BCUT2D eigenvalue weighted by Gasteiger charge is 2.14. The van der Waals surface area contributed by atoms with Crippen molar-refractivity contribution in [1.82, 2.24) is 10.3 Å². The van der Waals surface area contributed by atoms with Crippen molar-refractivity contribution in [2.45, 2.75) is 11.8 Å². The Morgan fingerprint density at radius 1 is 1.26 bits per heavy atom. The summed E-state index contributed by atoms with van der Waals surface area (Å²) in [7, 11) is 2.03. The lowest BCUT2D eigenvalue weighted by molar-refractivity contribution is 0.325. The Balaban J connectivity index is 1.43. The van der Waals surface area contributed by atoms with Crippen molar-refractivity contribution in [3.8, 4) is 5.75 Å². The van der Waals surface area contributed by atoms with Crippen molar-refractivity contribution >= 4 is 17.6 Å². The van der Waals surface area contributed by atoms with Crippen LogP contribution in [0.3, 0.4) is 0 Å². The normalized spacial score (nSPS) is 17.2. The fraction of sp³-hybridized carbons (Fsp3) is 0.389. The van der Waals surface area contributed by atoms with Crippen molar-refractivity contribution in [2.75, 3.05) is 37.4 Å². The number of hydrogen-bond acceptors (Lipinski definition) is 5. The van der Waals surface area contributed by atoms with Gasteiger partial charge in [-0.1, -0.05) is 18.2 Å². The van der Waals surface area contributed by atoms with Gasteiger partial charge in [0.25, 0.3) is 0 Å². The van der Waals surface area contributed by atoms with Crippen LogP contribution in [0.25, 0.3) is 0 Å². The number of thioether (sulfide) groups is 1. The van der Waals surface area contributed by atoms with E-state index in [9.17, 15) is 0 Å². The number of likely N-dealkylation sites (N-methyl/N-ethyl adjacent to an activating group) is 1. The van der Waals surface area contributed by atoms with E-state index in [0.29, 0.717) is 12.0 Å². The van der Waals surface area contributed by atoms with Crippen LogP contribution in [0.15, 0.2) is 48.7 Å². The third-order valence-electron chi connectivity index (χ3n) is 3.87. The summed E-state index contributed by atoms with van der Waals surface area (Å²) in [6.45, 7) is 2.58. The van der Waals surface area contributed by atoms with E-state index in [1.807, 2.05) is 43.2 Å². The summed E-state index contributed by atoms with van der Waals surface area (Å²) in [5.41, 5.74) is 1.36. The van der Waals surface area contributed by atoms with E-state index in [4.69, 9.17) is 4.74 Å². The molecule has 0 radical (unpaired) electrons. The fourth-order valence-electron chi connectivity index (χ4n) is 2.54. The number of anilines is 1. The summed E-state index contributed by atoms with van der Waals surface area (Å²) < 4.78 is 5.83. The third kappa shape index (κ3) is 4.88. The zero-order valence-corrected chi connectivity index (χ0v) is 14.3. The lowest BCUT2D eigenvalue weighted by Gasteiger charge is -2.18. The van der Waals surface area contributed by atoms with Gasteiger partial charge in [-0.05, 0) is 36.2 Å². The van der Waals surface area contributed by atoms with Crippen LogP contribution in [-0.4, -0.2) is 42.9 Å². The molecule has 0 amide bonds. The Hall–Kier alpha value is -1.72. The zero-order valence-electron chi connectivity index (χ0n) is 13.4. The number of nitrogens with one attached hydrogen (secondary N) is 1. The van der Waals surface area contributed by atoms with E-state index in [0.717, 1.165) is 31.1 Å². The average molecular weight is 329 g/mol. The molecule has 1 aliphatic heterocycles. The van der Waals surface area contributed by atoms with Crippen LogP contribution in [0.5, 0.6) is 5.75 Å². The molecule has 0 saturated carbocycles.